The van der Waals surface area contributed by atoms with Gasteiger partial charge in [-0.15, -0.1) is 0 Å². The molecular weight excluding hydrogens is 338 g/mol. The van der Waals surface area contributed by atoms with Gasteiger partial charge >= 0.3 is 0 Å². The maximum Gasteiger partial charge on any atom is 0.225 e. The summed E-state index contributed by atoms with van der Waals surface area (Å²) in [5, 5.41) is 10.4. The molecule has 2 aromatic rings. The number of pyridine rings is 1. The first-order chi connectivity index (χ1) is 13.2. The van der Waals surface area contributed by atoms with Crippen LogP contribution in [0.25, 0.3) is 0 Å². The smallest absolute Gasteiger partial charge is 0.225 e. The van der Waals surface area contributed by atoms with Crippen LogP contribution in [0, 0.1) is 12.8 Å². The van der Waals surface area contributed by atoms with Crippen LogP contribution in [0.3, 0.4) is 0 Å². The molecule has 2 fully saturated rings. The van der Waals surface area contributed by atoms with Crippen molar-refractivity contribution in [3.8, 4) is 0 Å². The molecule has 2 aliphatic rings. The predicted octanol–water partition coefficient (Wildman–Crippen LogP) is 4.14. The molecule has 27 heavy (non-hydrogen) atoms. The molecule has 2 N–H and O–H groups in total. The minimum absolute atomic E-state index is 0.276. The molecule has 6 nitrogen and oxygen atoms in total. The van der Waals surface area contributed by atoms with Crippen LogP contribution in [0.5, 0.6) is 0 Å². The SMILES string of the molecule is Cc1cc(Nc2cccc(C3CCN(C(=O)C4CCCCC4)CC3)n2)n[nH]1. The normalized spacial score (nSPS) is 19.2. The third kappa shape index (κ3) is 4.31. The van der Waals surface area contributed by atoms with Crippen LogP contribution in [-0.2, 0) is 4.79 Å². The van der Waals surface area contributed by atoms with E-state index in [0.717, 1.165) is 61.8 Å². The molecule has 1 saturated carbocycles. The van der Waals surface area contributed by atoms with Crippen molar-refractivity contribution in [3.63, 3.8) is 0 Å². The number of nitrogens with one attached hydrogen (secondary N) is 2. The molecule has 4 rings (SSSR count). The first kappa shape index (κ1) is 18.0. The van der Waals surface area contributed by atoms with Gasteiger partial charge in [-0.1, -0.05) is 25.3 Å². The van der Waals surface area contributed by atoms with Crippen LogP contribution in [0.4, 0.5) is 11.6 Å². The molecule has 0 unspecified atom stereocenters. The molecule has 0 aromatic carbocycles. The fourth-order valence-electron chi connectivity index (χ4n) is 4.37. The molecule has 6 heteroatoms. The van der Waals surface area contributed by atoms with Crippen LogP contribution in [-0.4, -0.2) is 39.1 Å². The van der Waals surface area contributed by atoms with Crippen molar-refractivity contribution in [2.24, 2.45) is 5.92 Å². The number of hydrogen-bond acceptors (Lipinski definition) is 4. The minimum Gasteiger partial charge on any atom is -0.342 e. The largest absolute Gasteiger partial charge is 0.342 e. The number of aryl methyl sites for hydroxylation is 1. The van der Waals surface area contributed by atoms with Crippen molar-refractivity contribution in [3.05, 3.63) is 35.7 Å². The van der Waals surface area contributed by atoms with E-state index in [1.54, 1.807) is 0 Å². The van der Waals surface area contributed by atoms with Gasteiger partial charge in [0, 0.05) is 42.4 Å². The van der Waals surface area contributed by atoms with Gasteiger partial charge in [0.05, 0.1) is 0 Å². The Morgan fingerprint density at radius 3 is 2.59 bits per heavy atom. The van der Waals surface area contributed by atoms with E-state index in [-0.39, 0.29) is 5.92 Å². The first-order valence-electron chi connectivity index (χ1n) is 10.2. The zero-order chi connectivity index (χ0) is 18.6. The number of carbonyl (C=O) groups excluding carboxylic acids is 1. The molecule has 2 aromatic heterocycles. The highest BCUT2D eigenvalue weighted by molar-refractivity contribution is 5.79. The van der Waals surface area contributed by atoms with Gasteiger partial charge in [0.2, 0.25) is 5.91 Å². The summed E-state index contributed by atoms with van der Waals surface area (Å²) in [7, 11) is 0. The Balaban J connectivity index is 1.35. The van der Waals surface area contributed by atoms with Crippen LogP contribution in [0.2, 0.25) is 0 Å². The number of piperidine rings is 1. The van der Waals surface area contributed by atoms with E-state index in [1.807, 2.05) is 25.1 Å². The topological polar surface area (TPSA) is 73.9 Å². The van der Waals surface area contributed by atoms with Crippen LogP contribution in [0.1, 0.15) is 62.3 Å². The Hall–Kier alpha value is -2.37. The van der Waals surface area contributed by atoms with Gasteiger partial charge in [0.1, 0.15) is 5.82 Å². The average Bonchev–Trinajstić information content (AvgIpc) is 3.13. The number of anilines is 2. The number of carbonyl (C=O) groups is 1. The van der Waals surface area contributed by atoms with Crippen molar-refractivity contribution in [2.75, 3.05) is 18.4 Å². The second-order valence-corrected chi connectivity index (χ2v) is 7.94. The van der Waals surface area contributed by atoms with E-state index >= 15 is 0 Å². The highest BCUT2D eigenvalue weighted by Gasteiger charge is 2.29. The molecule has 1 amide bonds. The quantitative estimate of drug-likeness (QED) is 0.852. The number of rotatable bonds is 4. The lowest BCUT2D eigenvalue weighted by Crippen LogP contribution is -2.42. The van der Waals surface area contributed by atoms with Crippen molar-refractivity contribution in [1.29, 1.82) is 0 Å². The standard InChI is InChI=1S/C21H29N5O/c1-15-14-20(25-24-15)23-19-9-5-8-18(22-19)16-10-12-26(13-11-16)21(27)17-6-3-2-4-7-17/h5,8-9,14,16-17H,2-4,6-7,10-13H2,1H3,(H2,22,23,24,25). The zero-order valence-corrected chi connectivity index (χ0v) is 16.1. The minimum atomic E-state index is 0.276. The highest BCUT2D eigenvalue weighted by Crippen LogP contribution is 2.31. The first-order valence-corrected chi connectivity index (χ1v) is 10.2. The summed E-state index contributed by atoms with van der Waals surface area (Å²) >= 11 is 0. The molecule has 0 spiro atoms. The molecule has 144 valence electrons. The Bertz CT molecular complexity index is 772. The van der Waals surface area contributed by atoms with Crippen LogP contribution < -0.4 is 5.32 Å². The Kier molecular flexibility index (Phi) is 5.41. The van der Waals surface area contributed by atoms with Gasteiger partial charge in [0.25, 0.3) is 0 Å². The van der Waals surface area contributed by atoms with Gasteiger partial charge in [-0.05, 0) is 44.7 Å². The maximum atomic E-state index is 12.7. The Labute approximate surface area is 160 Å². The van der Waals surface area contributed by atoms with Gasteiger partial charge in [-0.2, -0.15) is 5.10 Å². The lowest BCUT2D eigenvalue weighted by molar-refractivity contribution is -0.137. The Morgan fingerprint density at radius 2 is 1.89 bits per heavy atom. The number of likely N-dealkylation sites (tertiary alicyclic amines) is 1. The second kappa shape index (κ2) is 8.11. The van der Waals surface area contributed by atoms with E-state index in [9.17, 15) is 4.79 Å². The molecule has 0 atom stereocenters. The van der Waals surface area contributed by atoms with Crippen molar-refractivity contribution >= 4 is 17.5 Å². The third-order valence-electron chi connectivity index (χ3n) is 5.91. The summed E-state index contributed by atoms with van der Waals surface area (Å²) in [5.41, 5.74) is 2.13. The van der Waals surface area contributed by atoms with Gasteiger partial charge in [0.15, 0.2) is 5.82 Å². The molecule has 3 heterocycles. The molecule has 0 radical (unpaired) electrons. The number of aromatic amines is 1. The molecular formula is C21H29N5O. The van der Waals surface area contributed by atoms with Crippen molar-refractivity contribution < 1.29 is 4.79 Å². The average molecular weight is 367 g/mol. The van der Waals surface area contributed by atoms with E-state index < -0.39 is 0 Å². The summed E-state index contributed by atoms with van der Waals surface area (Å²) in [6.45, 7) is 3.69. The fraction of sp³-hybridized carbons (Fsp3) is 0.571. The summed E-state index contributed by atoms with van der Waals surface area (Å²) < 4.78 is 0. The summed E-state index contributed by atoms with van der Waals surface area (Å²) in [5.74, 6) is 2.69. The van der Waals surface area contributed by atoms with Gasteiger partial charge < -0.3 is 10.2 Å². The maximum absolute atomic E-state index is 12.7. The highest BCUT2D eigenvalue weighted by atomic mass is 16.2. The number of hydrogen-bond donors (Lipinski definition) is 2. The second-order valence-electron chi connectivity index (χ2n) is 7.94. The number of aromatic nitrogens is 3. The predicted molar refractivity (Wildman–Crippen MR) is 106 cm³/mol. The van der Waals surface area contributed by atoms with E-state index in [4.69, 9.17) is 4.98 Å². The lowest BCUT2D eigenvalue weighted by Gasteiger charge is -2.35. The van der Waals surface area contributed by atoms with Gasteiger partial charge in [-0.3, -0.25) is 9.89 Å². The monoisotopic (exact) mass is 367 g/mol. The van der Waals surface area contributed by atoms with E-state index in [2.05, 4.69) is 26.5 Å². The lowest BCUT2D eigenvalue weighted by atomic mass is 9.86. The summed E-state index contributed by atoms with van der Waals surface area (Å²) in [4.78, 5) is 19.6. The van der Waals surface area contributed by atoms with Crippen LogP contribution >= 0.6 is 0 Å². The van der Waals surface area contributed by atoms with E-state index in [0.29, 0.717) is 11.8 Å². The van der Waals surface area contributed by atoms with Crippen LogP contribution in [0.15, 0.2) is 24.3 Å². The molecule has 1 saturated heterocycles. The van der Waals surface area contributed by atoms with Gasteiger partial charge in [-0.25, -0.2) is 4.98 Å². The fourth-order valence-corrected chi connectivity index (χ4v) is 4.37. The van der Waals surface area contributed by atoms with Crippen molar-refractivity contribution in [1.82, 2.24) is 20.1 Å². The zero-order valence-electron chi connectivity index (χ0n) is 16.1. The molecule has 1 aliphatic heterocycles. The number of H-pyrrole nitrogens is 1. The summed E-state index contributed by atoms with van der Waals surface area (Å²) in [6.07, 6.45) is 7.88. The third-order valence-corrected chi connectivity index (χ3v) is 5.91. The number of nitrogens with zero attached hydrogens (tertiary/aromatic N) is 3. The molecule has 1 aliphatic carbocycles. The van der Waals surface area contributed by atoms with E-state index in [1.165, 1.54) is 19.3 Å². The molecule has 0 bridgehead atoms. The summed E-state index contributed by atoms with van der Waals surface area (Å²) in [6, 6.07) is 8.08. The van der Waals surface area contributed by atoms with Crippen molar-refractivity contribution in [2.45, 2.75) is 57.8 Å². The Morgan fingerprint density at radius 1 is 1.11 bits per heavy atom. The number of amides is 1.